The molecule has 5 nitrogen and oxygen atoms in total. The molecule has 0 atom stereocenters. The number of aryl methyl sites for hydroxylation is 1. The zero-order valence-corrected chi connectivity index (χ0v) is 12.4. The summed E-state index contributed by atoms with van der Waals surface area (Å²) in [6, 6.07) is 8.21. The molecule has 1 aromatic carbocycles. The van der Waals surface area contributed by atoms with E-state index in [9.17, 15) is 0 Å². The molecule has 0 saturated heterocycles. The van der Waals surface area contributed by atoms with Crippen molar-refractivity contribution in [2.45, 2.75) is 13.1 Å². The largest absolute Gasteiger partial charge is 0.330 e. The summed E-state index contributed by atoms with van der Waals surface area (Å²) >= 11 is 0. The first-order chi connectivity index (χ1) is 10.2. The van der Waals surface area contributed by atoms with Crippen LogP contribution in [0.5, 0.6) is 0 Å². The molecule has 0 N–H and O–H groups in total. The van der Waals surface area contributed by atoms with Crippen LogP contribution in [0.25, 0.3) is 17.2 Å². The standard InChI is InChI=1S/C16H19N5/c1-4-21-11-13(9-17-21)10-19(2)12-16-18-14-7-5-6-8-15(14)20(16)3/h4-9,11H,1,10,12H2,2-3H3. The Labute approximate surface area is 124 Å². The van der Waals surface area contributed by atoms with E-state index in [0.29, 0.717) is 0 Å². The van der Waals surface area contributed by atoms with Crippen LogP contribution in [0.3, 0.4) is 0 Å². The van der Waals surface area contributed by atoms with E-state index in [4.69, 9.17) is 4.98 Å². The summed E-state index contributed by atoms with van der Waals surface area (Å²) in [6.45, 7) is 5.33. The van der Waals surface area contributed by atoms with Gasteiger partial charge >= 0.3 is 0 Å². The Morgan fingerprint density at radius 2 is 2.10 bits per heavy atom. The van der Waals surface area contributed by atoms with Gasteiger partial charge < -0.3 is 4.57 Å². The highest BCUT2D eigenvalue weighted by Crippen LogP contribution is 2.15. The van der Waals surface area contributed by atoms with Crippen LogP contribution in [0.15, 0.2) is 43.2 Å². The normalized spacial score (nSPS) is 11.4. The number of hydrogen-bond donors (Lipinski definition) is 0. The molecule has 0 bridgehead atoms. The quantitative estimate of drug-likeness (QED) is 0.721. The molecule has 3 aromatic rings. The monoisotopic (exact) mass is 281 g/mol. The molecule has 2 aromatic heterocycles. The van der Waals surface area contributed by atoms with Crippen LogP contribution in [0.1, 0.15) is 11.4 Å². The highest BCUT2D eigenvalue weighted by atomic mass is 15.3. The summed E-state index contributed by atoms with van der Waals surface area (Å²) in [5, 5.41) is 4.20. The van der Waals surface area contributed by atoms with Gasteiger partial charge in [0.15, 0.2) is 0 Å². The average Bonchev–Trinajstić information content (AvgIpc) is 3.05. The molecule has 2 heterocycles. The van der Waals surface area contributed by atoms with Crippen molar-refractivity contribution >= 4 is 17.2 Å². The van der Waals surface area contributed by atoms with Crippen molar-refractivity contribution in [3.8, 4) is 0 Å². The van der Waals surface area contributed by atoms with E-state index in [2.05, 4.69) is 41.3 Å². The van der Waals surface area contributed by atoms with Crippen molar-refractivity contribution in [2.75, 3.05) is 7.05 Å². The van der Waals surface area contributed by atoms with Gasteiger partial charge in [0.25, 0.3) is 0 Å². The molecule has 0 aliphatic heterocycles. The van der Waals surface area contributed by atoms with E-state index in [1.807, 2.05) is 30.6 Å². The lowest BCUT2D eigenvalue weighted by Gasteiger charge is -2.15. The number of fused-ring (bicyclic) bond motifs is 1. The Morgan fingerprint density at radius 1 is 1.29 bits per heavy atom. The van der Waals surface area contributed by atoms with Gasteiger partial charge in [0.1, 0.15) is 5.82 Å². The van der Waals surface area contributed by atoms with Crippen molar-refractivity contribution in [3.05, 3.63) is 54.6 Å². The van der Waals surface area contributed by atoms with Crippen molar-refractivity contribution in [1.29, 1.82) is 0 Å². The van der Waals surface area contributed by atoms with Crippen molar-refractivity contribution in [1.82, 2.24) is 24.2 Å². The topological polar surface area (TPSA) is 38.9 Å². The molecule has 0 fully saturated rings. The number of rotatable bonds is 5. The molecule has 3 rings (SSSR count). The smallest absolute Gasteiger partial charge is 0.123 e. The minimum absolute atomic E-state index is 0.796. The van der Waals surface area contributed by atoms with Crippen LogP contribution in [0.4, 0.5) is 0 Å². The number of para-hydroxylation sites is 2. The first kappa shape index (κ1) is 13.6. The molecular formula is C16H19N5. The zero-order chi connectivity index (χ0) is 14.8. The molecule has 0 radical (unpaired) electrons. The molecular weight excluding hydrogens is 262 g/mol. The average molecular weight is 281 g/mol. The van der Waals surface area contributed by atoms with Gasteiger partial charge in [-0.15, -0.1) is 0 Å². The molecule has 0 spiro atoms. The van der Waals surface area contributed by atoms with Gasteiger partial charge in [-0.25, -0.2) is 9.67 Å². The third-order valence-electron chi connectivity index (χ3n) is 3.59. The van der Waals surface area contributed by atoms with Crippen LogP contribution in [0.2, 0.25) is 0 Å². The van der Waals surface area contributed by atoms with E-state index < -0.39 is 0 Å². The maximum atomic E-state index is 4.70. The molecule has 0 aliphatic rings. The fraction of sp³-hybridized carbons (Fsp3) is 0.250. The summed E-state index contributed by atoms with van der Waals surface area (Å²) < 4.78 is 3.87. The second-order valence-electron chi connectivity index (χ2n) is 5.26. The van der Waals surface area contributed by atoms with Crippen molar-refractivity contribution in [3.63, 3.8) is 0 Å². The van der Waals surface area contributed by atoms with E-state index in [-0.39, 0.29) is 0 Å². The highest BCUT2D eigenvalue weighted by Gasteiger charge is 2.10. The third kappa shape index (κ3) is 2.73. The van der Waals surface area contributed by atoms with E-state index in [0.717, 1.165) is 30.0 Å². The second-order valence-corrected chi connectivity index (χ2v) is 5.26. The Bertz CT molecular complexity index is 768. The Balaban J connectivity index is 1.75. The molecule has 108 valence electrons. The fourth-order valence-electron chi connectivity index (χ4n) is 2.50. The lowest BCUT2D eigenvalue weighted by molar-refractivity contribution is 0.307. The summed E-state index contributed by atoms with van der Waals surface area (Å²) in [5.41, 5.74) is 3.37. The Morgan fingerprint density at radius 3 is 2.81 bits per heavy atom. The van der Waals surface area contributed by atoms with E-state index in [1.54, 1.807) is 10.9 Å². The summed E-state index contributed by atoms with van der Waals surface area (Å²) in [7, 11) is 4.15. The predicted octanol–water partition coefficient (Wildman–Crippen LogP) is 2.50. The van der Waals surface area contributed by atoms with Gasteiger partial charge in [-0.1, -0.05) is 18.7 Å². The molecule has 0 amide bonds. The fourth-order valence-corrected chi connectivity index (χ4v) is 2.50. The van der Waals surface area contributed by atoms with Gasteiger partial charge in [-0.05, 0) is 19.2 Å². The number of hydrogen-bond acceptors (Lipinski definition) is 3. The van der Waals surface area contributed by atoms with Crippen LogP contribution in [-0.4, -0.2) is 31.3 Å². The minimum Gasteiger partial charge on any atom is -0.330 e. The maximum absolute atomic E-state index is 4.70. The first-order valence-electron chi connectivity index (χ1n) is 6.92. The molecule has 5 heteroatoms. The van der Waals surface area contributed by atoms with E-state index in [1.165, 1.54) is 5.52 Å². The second kappa shape index (κ2) is 5.54. The van der Waals surface area contributed by atoms with Crippen molar-refractivity contribution < 1.29 is 0 Å². The molecule has 21 heavy (non-hydrogen) atoms. The number of benzene rings is 1. The predicted molar refractivity (Wildman–Crippen MR) is 84.5 cm³/mol. The van der Waals surface area contributed by atoms with Gasteiger partial charge in [0, 0.05) is 31.6 Å². The van der Waals surface area contributed by atoms with Crippen LogP contribution >= 0.6 is 0 Å². The van der Waals surface area contributed by atoms with Crippen LogP contribution in [-0.2, 0) is 20.1 Å². The van der Waals surface area contributed by atoms with Gasteiger partial charge in [0.2, 0.25) is 0 Å². The number of nitrogens with zero attached hydrogens (tertiary/aromatic N) is 5. The molecule has 0 aliphatic carbocycles. The van der Waals surface area contributed by atoms with E-state index >= 15 is 0 Å². The zero-order valence-electron chi connectivity index (χ0n) is 12.4. The van der Waals surface area contributed by atoms with Crippen LogP contribution < -0.4 is 0 Å². The highest BCUT2D eigenvalue weighted by molar-refractivity contribution is 5.75. The lowest BCUT2D eigenvalue weighted by atomic mass is 10.3. The van der Waals surface area contributed by atoms with Gasteiger partial charge in [-0.2, -0.15) is 5.10 Å². The molecule has 0 saturated carbocycles. The number of imidazole rings is 1. The molecule has 0 unspecified atom stereocenters. The lowest BCUT2D eigenvalue weighted by Crippen LogP contribution is -2.19. The van der Waals surface area contributed by atoms with Gasteiger partial charge in [0.05, 0.1) is 23.8 Å². The summed E-state index contributed by atoms with van der Waals surface area (Å²) in [5.74, 6) is 1.06. The summed E-state index contributed by atoms with van der Waals surface area (Å²) in [4.78, 5) is 6.93. The SMILES string of the molecule is C=Cn1cc(CN(C)Cc2nc3ccccc3n2C)cn1. The van der Waals surface area contributed by atoms with Crippen LogP contribution in [0, 0.1) is 0 Å². The number of aromatic nitrogens is 4. The maximum Gasteiger partial charge on any atom is 0.123 e. The Hall–Kier alpha value is -2.40. The first-order valence-corrected chi connectivity index (χ1v) is 6.92. The van der Waals surface area contributed by atoms with Crippen molar-refractivity contribution in [2.24, 2.45) is 7.05 Å². The minimum atomic E-state index is 0.796. The Kier molecular flexibility index (Phi) is 3.58. The third-order valence-corrected chi connectivity index (χ3v) is 3.59. The van der Waals surface area contributed by atoms with Gasteiger partial charge in [-0.3, -0.25) is 4.90 Å². The summed E-state index contributed by atoms with van der Waals surface area (Å²) in [6.07, 6.45) is 5.54.